The molecule has 9 nitrogen and oxygen atoms in total. The zero-order valence-corrected chi connectivity index (χ0v) is 27.6. The number of nitrogens with zero attached hydrogens (tertiary/aromatic N) is 5. The smallest absolute Gasteiger partial charge is 0.319 e. The van der Waals surface area contributed by atoms with Gasteiger partial charge in [0, 0.05) is 32.1 Å². The zero-order valence-electron chi connectivity index (χ0n) is 27.6. The SMILES string of the molecule is CN1CCCN(Cc2ccc(-c3cccc(-n4c(=O)n(C5CCC(CC(=O)C(C)(C)N)CC5)c(=O)c5cc(F)cnc54)c3)cc2)CC1. The molecule has 0 spiro atoms. The van der Waals surface area contributed by atoms with Crippen LogP contribution in [0.1, 0.15) is 64.0 Å². The molecule has 0 radical (unpaired) electrons. The molecule has 2 N–H and O–H groups in total. The van der Waals surface area contributed by atoms with E-state index in [1.165, 1.54) is 21.1 Å². The molecule has 0 atom stereocenters. The lowest BCUT2D eigenvalue weighted by Gasteiger charge is -2.30. The van der Waals surface area contributed by atoms with Gasteiger partial charge in [0.25, 0.3) is 5.56 Å². The van der Waals surface area contributed by atoms with E-state index >= 15 is 0 Å². The number of likely N-dealkylation sites (N-methyl/N-ethyl adjacent to an activating group) is 1. The van der Waals surface area contributed by atoms with Crippen LogP contribution in [0.5, 0.6) is 0 Å². The molecule has 1 saturated heterocycles. The third kappa shape index (κ3) is 7.30. The molecule has 4 aromatic rings. The highest BCUT2D eigenvalue weighted by molar-refractivity contribution is 5.87. The van der Waals surface area contributed by atoms with Crippen LogP contribution >= 0.6 is 0 Å². The number of benzene rings is 2. The van der Waals surface area contributed by atoms with Crippen molar-refractivity contribution in [2.45, 2.75) is 70.5 Å². The van der Waals surface area contributed by atoms with E-state index in [2.05, 4.69) is 46.1 Å². The second kappa shape index (κ2) is 13.6. The van der Waals surface area contributed by atoms with E-state index in [-0.39, 0.29) is 28.8 Å². The zero-order chi connectivity index (χ0) is 33.3. The molecule has 1 aliphatic carbocycles. The van der Waals surface area contributed by atoms with Gasteiger partial charge in [-0.2, -0.15) is 0 Å². The Hall–Kier alpha value is -3.99. The average Bonchev–Trinajstić information content (AvgIpc) is 3.25. The Morgan fingerprint density at radius 2 is 1.70 bits per heavy atom. The molecule has 47 heavy (non-hydrogen) atoms. The Kier molecular flexibility index (Phi) is 9.55. The molecule has 2 aromatic carbocycles. The predicted molar refractivity (Wildman–Crippen MR) is 183 cm³/mol. The average molecular weight is 641 g/mol. The Morgan fingerprint density at radius 3 is 2.43 bits per heavy atom. The second-order valence-electron chi connectivity index (χ2n) is 14.0. The van der Waals surface area contributed by atoms with Crippen molar-refractivity contribution in [1.82, 2.24) is 23.9 Å². The summed E-state index contributed by atoms with van der Waals surface area (Å²) in [6.07, 6.45) is 5.09. The number of rotatable bonds is 8. The Bertz CT molecular complexity index is 1870. The van der Waals surface area contributed by atoms with Crippen molar-refractivity contribution in [2.24, 2.45) is 11.7 Å². The van der Waals surface area contributed by atoms with Gasteiger partial charge >= 0.3 is 5.69 Å². The van der Waals surface area contributed by atoms with Crippen LogP contribution < -0.4 is 17.0 Å². The summed E-state index contributed by atoms with van der Waals surface area (Å²) in [5.41, 5.74) is 7.92. The van der Waals surface area contributed by atoms with Crippen molar-refractivity contribution < 1.29 is 9.18 Å². The number of fused-ring (bicyclic) bond motifs is 1. The van der Waals surface area contributed by atoms with Crippen LogP contribution in [0.3, 0.4) is 0 Å². The Morgan fingerprint density at radius 1 is 0.957 bits per heavy atom. The predicted octanol–water partition coefficient (Wildman–Crippen LogP) is 4.92. The lowest BCUT2D eigenvalue weighted by Crippen LogP contribution is -2.44. The molecule has 248 valence electrons. The minimum absolute atomic E-state index is 0.00712. The molecule has 10 heteroatoms. The largest absolute Gasteiger partial charge is 0.337 e. The van der Waals surface area contributed by atoms with Crippen molar-refractivity contribution >= 4 is 16.8 Å². The number of hydrogen-bond donors (Lipinski definition) is 1. The topological polar surface area (TPSA) is 106 Å². The molecule has 1 saturated carbocycles. The van der Waals surface area contributed by atoms with Gasteiger partial charge in [-0.25, -0.2) is 18.7 Å². The fourth-order valence-corrected chi connectivity index (χ4v) is 7.01. The monoisotopic (exact) mass is 640 g/mol. The molecule has 1 aliphatic heterocycles. The minimum atomic E-state index is -0.891. The van der Waals surface area contributed by atoms with Gasteiger partial charge < -0.3 is 10.6 Å². The van der Waals surface area contributed by atoms with Gasteiger partial charge in [0.2, 0.25) is 0 Å². The second-order valence-corrected chi connectivity index (χ2v) is 14.0. The van der Waals surface area contributed by atoms with Crippen molar-refractivity contribution in [1.29, 1.82) is 0 Å². The molecule has 0 unspecified atom stereocenters. The molecular formula is C37H45FN6O3. The summed E-state index contributed by atoms with van der Waals surface area (Å²) in [7, 11) is 2.17. The number of hydrogen-bond acceptors (Lipinski definition) is 7. The number of Topliss-reactive ketones (excluding diaryl/α,β-unsaturated/α-hetero) is 1. The maximum absolute atomic E-state index is 14.5. The highest BCUT2D eigenvalue weighted by atomic mass is 19.1. The van der Waals surface area contributed by atoms with Crippen LogP contribution in [0.15, 0.2) is 70.4 Å². The molecule has 2 aliphatic rings. The van der Waals surface area contributed by atoms with E-state index in [1.54, 1.807) is 13.8 Å². The number of ketones is 1. The van der Waals surface area contributed by atoms with Gasteiger partial charge in [0.15, 0.2) is 11.4 Å². The first-order chi connectivity index (χ1) is 22.5. The quantitative estimate of drug-likeness (QED) is 0.292. The van der Waals surface area contributed by atoms with Crippen molar-refractivity contribution in [3.8, 4) is 16.8 Å². The van der Waals surface area contributed by atoms with E-state index < -0.39 is 22.6 Å². The van der Waals surface area contributed by atoms with E-state index in [0.29, 0.717) is 37.8 Å². The van der Waals surface area contributed by atoms with Crippen LogP contribution in [0.25, 0.3) is 27.8 Å². The summed E-state index contributed by atoms with van der Waals surface area (Å²) in [6, 6.07) is 16.9. The fourth-order valence-electron chi connectivity index (χ4n) is 7.01. The maximum Gasteiger partial charge on any atom is 0.337 e. The number of nitrogens with two attached hydrogens (primary N) is 1. The van der Waals surface area contributed by atoms with Gasteiger partial charge in [0.05, 0.1) is 22.8 Å². The molecule has 2 aromatic heterocycles. The van der Waals surface area contributed by atoms with E-state index in [0.717, 1.165) is 56.1 Å². The summed E-state index contributed by atoms with van der Waals surface area (Å²) >= 11 is 0. The van der Waals surface area contributed by atoms with E-state index in [9.17, 15) is 18.8 Å². The fraction of sp³-hybridized carbons (Fsp3) is 0.459. The molecule has 0 bridgehead atoms. The van der Waals surface area contributed by atoms with Gasteiger partial charge in [-0.15, -0.1) is 0 Å². The van der Waals surface area contributed by atoms with Gasteiger partial charge in [-0.05, 0) is 107 Å². The van der Waals surface area contributed by atoms with E-state index in [4.69, 9.17) is 5.73 Å². The number of pyridine rings is 1. The number of aromatic nitrogens is 3. The van der Waals surface area contributed by atoms with Gasteiger partial charge in [-0.3, -0.25) is 19.1 Å². The lowest BCUT2D eigenvalue weighted by molar-refractivity contribution is -0.124. The van der Waals surface area contributed by atoms with E-state index in [1.807, 2.05) is 24.3 Å². The highest BCUT2D eigenvalue weighted by Crippen LogP contribution is 2.34. The summed E-state index contributed by atoms with van der Waals surface area (Å²) in [5.74, 6) is -0.486. The summed E-state index contributed by atoms with van der Waals surface area (Å²) < 4.78 is 17.2. The molecule has 6 rings (SSSR count). The van der Waals surface area contributed by atoms with Crippen molar-refractivity contribution in [3.63, 3.8) is 0 Å². The first-order valence-corrected chi connectivity index (χ1v) is 16.7. The lowest BCUT2D eigenvalue weighted by atomic mass is 9.80. The Balaban J connectivity index is 1.30. The van der Waals surface area contributed by atoms with Crippen molar-refractivity contribution in [3.05, 3.63) is 93.0 Å². The molecular weight excluding hydrogens is 595 g/mol. The normalized spacial score (nSPS) is 19.9. The highest BCUT2D eigenvalue weighted by Gasteiger charge is 2.31. The molecule has 0 amide bonds. The first kappa shape index (κ1) is 32.9. The first-order valence-electron chi connectivity index (χ1n) is 16.7. The van der Waals surface area contributed by atoms with Crippen LogP contribution in [-0.2, 0) is 11.3 Å². The number of carbonyl (C=O) groups excluding carboxylic acids is 1. The Labute approximate surface area is 274 Å². The standard InChI is InChI=1S/C37H45FN6O3/c1-37(2,39)33(45)20-25-10-14-30(15-11-25)44-35(46)32-22-29(38)23-40-34(32)43(36(44)47)31-7-4-6-28(21-31)27-12-8-26(9-13-27)24-42-17-5-16-41(3)18-19-42/h4,6-9,12-13,21-23,25,30H,5,10-11,14-20,24,39H2,1-3H3. The summed E-state index contributed by atoms with van der Waals surface area (Å²) in [6.45, 7) is 8.67. The number of carbonyl (C=O) groups is 1. The summed E-state index contributed by atoms with van der Waals surface area (Å²) in [4.78, 5) is 49.6. The van der Waals surface area contributed by atoms with Gasteiger partial charge in [-0.1, -0.05) is 36.4 Å². The maximum atomic E-state index is 14.5. The summed E-state index contributed by atoms with van der Waals surface area (Å²) in [5, 5.41) is 0.0567. The molecule has 2 fully saturated rings. The third-order valence-electron chi connectivity index (χ3n) is 9.88. The minimum Gasteiger partial charge on any atom is -0.319 e. The van der Waals surface area contributed by atoms with Crippen LogP contribution in [0.4, 0.5) is 4.39 Å². The van der Waals surface area contributed by atoms with Crippen LogP contribution in [0, 0.1) is 11.7 Å². The number of halogens is 1. The van der Waals surface area contributed by atoms with Crippen molar-refractivity contribution in [2.75, 3.05) is 33.2 Å². The third-order valence-corrected chi connectivity index (χ3v) is 9.88. The van der Waals surface area contributed by atoms with Gasteiger partial charge in [0.1, 0.15) is 5.82 Å². The van der Waals surface area contributed by atoms with Crippen LogP contribution in [-0.4, -0.2) is 68.5 Å². The molecule has 3 heterocycles. The van der Waals surface area contributed by atoms with Crippen LogP contribution in [0.2, 0.25) is 0 Å².